The van der Waals surface area contributed by atoms with Crippen LogP contribution in [-0.4, -0.2) is 39.0 Å². The average Bonchev–Trinajstić information content (AvgIpc) is 3.39. The summed E-state index contributed by atoms with van der Waals surface area (Å²) in [6.45, 7) is 3.11. The van der Waals surface area contributed by atoms with E-state index >= 15 is 0 Å². The first-order valence-electron chi connectivity index (χ1n) is 10.5. The summed E-state index contributed by atoms with van der Waals surface area (Å²) in [5, 5.41) is 4.38. The molecule has 0 spiro atoms. The topological polar surface area (TPSA) is 36.9 Å². The summed E-state index contributed by atoms with van der Waals surface area (Å²) < 4.78 is 23.2. The van der Waals surface area contributed by atoms with Crippen molar-refractivity contribution in [2.75, 3.05) is 26.4 Å². The predicted octanol–water partition coefficient (Wildman–Crippen LogP) is 5.65. The molecule has 0 N–H and O–H groups in total. The van der Waals surface area contributed by atoms with Crippen molar-refractivity contribution in [1.82, 2.24) is 0 Å². The molecule has 4 rings (SSSR count). The Morgan fingerprint density at radius 2 is 1.25 bits per heavy atom. The fourth-order valence-electron chi connectivity index (χ4n) is 3.75. The van der Waals surface area contributed by atoms with Crippen LogP contribution in [0, 0.1) is 0 Å². The molecule has 2 unspecified atom stereocenters. The lowest BCUT2D eigenvalue weighted by Gasteiger charge is -2.22. The molecule has 0 radical (unpaired) electrons. The van der Waals surface area contributed by atoms with Crippen LogP contribution in [0.15, 0.2) is 22.9 Å². The summed E-state index contributed by atoms with van der Waals surface area (Å²) in [4.78, 5) is 2.76. The van der Waals surface area contributed by atoms with Gasteiger partial charge in [0.25, 0.3) is 0 Å². The van der Waals surface area contributed by atoms with Crippen molar-refractivity contribution < 1.29 is 18.9 Å². The van der Waals surface area contributed by atoms with Crippen LogP contribution in [0.25, 0.3) is 9.75 Å². The lowest BCUT2D eigenvalue weighted by molar-refractivity contribution is -0.161. The molecule has 2 aliphatic rings. The molecule has 28 heavy (non-hydrogen) atoms. The van der Waals surface area contributed by atoms with Gasteiger partial charge in [-0.25, -0.2) is 0 Å². The van der Waals surface area contributed by atoms with Gasteiger partial charge >= 0.3 is 0 Å². The van der Waals surface area contributed by atoms with E-state index in [9.17, 15) is 0 Å². The van der Waals surface area contributed by atoms with Crippen LogP contribution >= 0.6 is 22.7 Å². The summed E-state index contributed by atoms with van der Waals surface area (Å²) in [6, 6.07) is 4.47. The first-order valence-corrected chi connectivity index (χ1v) is 12.3. The normalized spacial score (nSPS) is 23.1. The third kappa shape index (κ3) is 5.65. The highest BCUT2D eigenvalue weighted by molar-refractivity contribution is 7.20. The van der Waals surface area contributed by atoms with E-state index in [0.29, 0.717) is 0 Å². The summed E-state index contributed by atoms with van der Waals surface area (Å²) in [6.07, 6.45) is 8.64. The molecule has 4 heterocycles. The van der Waals surface area contributed by atoms with Crippen molar-refractivity contribution in [1.29, 1.82) is 0 Å². The Kier molecular flexibility index (Phi) is 7.95. The highest BCUT2D eigenvalue weighted by Gasteiger charge is 2.17. The van der Waals surface area contributed by atoms with Crippen LogP contribution in [0.3, 0.4) is 0 Å². The lowest BCUT2D eigenvalue weighted by atomic mass is 10.1. The highest BCUT2D eigenvalue weighted by Crippen LogP contribution is 2.37. The molecule has 2 saturated heterocycles. The summed E-state index contributed by atoms with van der Waals surface area (Å²) in [5.74, 6) is 0. The van der Waals surface area contributed by atoms with E-state index < -0.39 is 0 Å². The summed E-state index contributed by atoms with van der Waals surface area (Å²) in [7, 11) is 0. The van der Waals surface area contributed by atoms with Gasteiger partial charge in [-0.2, -0.15) is 0 Å². The van der Waals surface area contributed by atoms with Crippen LogP contribution in [-0.2, 0) is 31.8 Å². The highest BCUT2D eigenvalue weighted by atomic mass is 32.1. The van der Waals surface area contributed by atoms with Gasteiger partial charge in [0, 0.05) is 23.0 Å². The molecule has 0 saturated carbocycles. The molecular weight excluding hydrogens is 392 g/mol. The van der Waals surface area contributed by atoms with Crippen LogP contribution in [0.5, 0.6) is 0 Å². The van der Waals surface area contributed by atoms with E-state index in [1.807, 2.05) is 22.7 Å². The van der Waals surface area contributed by atoms with Crippen LogP contribution < -0.4 is 0 Å². The molecule has 4 nitrogen and oxygen atoms in total. The van der Waals surface area contributed by atoms with Crippen molar-refractivity contribution in [2.45, 2.75) is 63.9 Å². The maximum atomic E-state index is 5.94. The SMILES string of the molecule is c1cc(CCOC2CCCCO2)c(-c2sccc2CCOC2CCCCO2)s1. The number of rotatable bonds is 9. The second-order valence-corrected chi connectivity index (χ2v) is 9.22. The molecule has 0 amide bonds. The monoisotopic (exact) mass is 422 g/mol. The Hall–Kier alpha value is -0.760. The zero-order chi connectivity index (χ0) is 19.0. The van der Waals surface area contributed by atoms with Crippen molar-refractivity contribution in [3.63, 3.8) is 0 Å². The van der Waals surface area contributed by atoms with Crippen molar-refractivity contribution in [2.24, 2.45) is 0 Å². The van der Waals surface area contributed by atoms with Gasteiger partial charge in [0.2, 0.25) is 0 Å². The Bertz CT molecular complexity index is 639. The van der Waals surface area contributed by atoms with Gasteiger partial charge in [-0.3, -0.25) is 0 Å². The van der Waals surface area contributed by atoms with E-state index in [1.165, 1.54) is 33.7 Å². The zero-order valence-corrected chi connectivity index (χ0v) is 18.0. The number of hydrogen-bond acceptors (Lipinski definition) is 6. The maximum Gasteiger partial charge on any atom is 0.157 e. The van der Waals surface area contributed by atoms with E-state index in [4.69, 9.17) is 18.9 Å². The Labute approximate surface area is 175 Å². The summed E-state index contributed by atoms with van der Waals surface area (Å²) in [5.41, 5.74) is 2.75. The molecular formula is C22H30O4S2. The second-order valence-electron chi connectivity index (χ2n) is 7.38. The minimum absolute atomic E-state index is 0.00714. The van der Waals surface area contributed by atoms with Gasteiger partial charge in [0.05, 0.1) is 13.2 Å². The van der Waals surface area contributed by atoms with Gasteiger partial charge < -0.3 is 18.9 Å². The molecule has 0 aromatic carbocycles. The Balaban J connectivity index is 1.29. The van der Waals surface area contributed by atoms with Crippen molar-refractivity contribution >= 4 is 22.7 Å². The van der Waals surface area contributed by atoms with E-state index in [1.54, 1.807) is 0 Å². The molecule has 2 fully saturated rings. The standard InChI is InChI=1S/C22H30O4S2/c1-3-11-23-19(5-1)25-13-7-17-9-15-27-21(17)22-18(10-16-28-22)8-14-26-20-6-2-4-12-24-20/h9-10,15-16,19-20H,1-8,11-14H2. The van der Waals surface area contributed by atoms with Gasteiger partial charge in [-0.15, -0.1) is 22.7 Å². The average molecular weight is 423 g/mol. The quantitative estimate of drug-likeness (QED) is 0.523. The maximum absolute atomic E-state index is 5.94. The second kappa shape index (κ2) is 10.9. The van der Waals surface area contributed by atoms with Gasteiger partial charge in [-0.05, 0) is 85.4 Å². The van der Waals surface area contributed by atoms with Crippen molar-refractivity contribution in [3.05, 3.63) is 34.0 Å². The minimum atomic E-state index is -0.00714. The number of hydrogen-bond donors (Lipinski definition) is 0. The van der Waals surface area contributed by atoms with Gasteiger partial charge in [0.15, 0.2) is 12.6 Å². The molecule has 0 aliphatic carbocycles. The molecule has 6 heteroatoms. The van der Waals surface area contributed by atoms with Crippen LogP contribution in [0.2, 0.25) is 0 Å². The van der Waals surface area contributed by atoms with Gasteiger partial charge in [0.1, 0.15) is 0 Å². The smallest absolute Gasteiger partial charge is 0.157 e. The molecule has 154 valence electrons. The summed E-state index contributed by atoms with van der Waals surface area (Å²) >= 11 is 3.65. The molecule has 2 aliphatic heterocycles. The molecule has 0 bridgehead atoms. The first-order chi connectivity index (χ1) is 13.9. The molecule has 2 aromatic rings. The minimum Gasteiger partial charge on any atom is -0.353 e. The zero-order valence-electron chi connectivity index (χ0n) is 16.4. The van der Waals surface area contributed by atoms with Crippen molar-refractivity contribution in [3.8, 4) is 9.75 Å². The molecule has 2 aromatic heterocycles. The van der Waals surface area contributed by atoms with Gasteiger partial charge in [-0.1, -0.05) is 0 Å². The molecule has 2 atom stereocenters. The third-order valence-electron chi connectivity index (χ3n) is 5.33. The Morgan fingerprint density at radius 1 is 0.750 bits per heavy atom. The largest absolute Gasteiger partial charge is 0.353 e. The third-order valence-corrected chi connectivity index (χ3v) is 7.40. The van der Waals surface area contributed by atoms with Crippen LogP contribution in [0.1, 0.15) is 49.7 Å². The fourth-order valence-corrected chi connectivity index (χ4v) is 5.89. The van der Waals surface area contributed by atoms with E-state index in [2.05, 4.69) is 22.9 Å². The number of thiophene rings is 2. The lowest BCUT2D eigenvalue weighted by Crippen LogP contribution is -2.23. The van der Waals surface area contributed by atoms with E-state index in [0.717, 1.165) is 65.0 Å². The predicted molar refractivity (Wildman–Crippen MR) is 114 cm³/mol. The van der Waals surface area contributed by atoms with E-state index in [-0.39, 0.29) is 12.6 Å². The number of ether oxygens (including phenoxy) is 4. The fraction of sp³-hybridized carbons (Fsp3) is 0.636. The van der Waals surface area contributed by atoms with Crippen LogP contribution in [0.4, 0.5) is 0 Å². The first kappa shape index (κ1) is 20.5. The Morgan fingerprint density at radius 3 is 1.68 bits per heavy atom.